The number of carbonyl (C=O) groups excluding carboxylic acids is 1. The third-order valence-electron chi connectivity index (χ3n) is 5.66. The van der Waals surface area contributed by atoms with Gasteiger partial charge in [0, 0.05) is 28.4 Å². The maximum Gasteiger partial charge on any atom is 0.317 e. The van der Waals surface area contributed by atoms with E-state index < -0.39 is 6.23 Å². The smallest absolute Gasteiger partial charge is 0.317 e. The zero-order valence-electron chi connectivity index (χ0n) is 17.4. The normalized spacial score (nSPS) is 17.6. The number of amides is 2. The molecule has 0 bridgehead atoms. The van der Waals surface area contributed by atoms with Crippen LogP contribution in [-0.4, -0.2) is 54.2 Å². The molecule has 2 heterocycles. The zero-order valence-corrected chi connectivity index (χ0v) is 19.7. The standard InChI is InChI=1S/C21H28Cl2N4O2S/c1-12(25-21(29)27(3)13-8-10-26(2)11-9-13)14-4-5-15(19(23)18(14)22)16-6-7-17(30-16)20(24)28/h4-7,12-13,20,28H,8-11,24H2,1-3H3,(H,25,29). The Morgan fingerprint density at radius 2 is 1.93 bits per heavy atom. The Morgan fingerprint density at radius 1 is 1.27 bits per heavy atom. The molecule has 0 spiro atoms. The second kappa shape index (κ2) is 9.85. The summed E-state index contributed by atoms with van der Waals surface area (Å²) in [5.41, 5.74) is 7.05. The first kappa shape index (κ1) is 23.3. The minimum Gasteiger partial charge on any atom is -0.374 e. The molecule has 9 heteroatoms. The van der Waals surface area contributed by atoms with Crippen LogP contribution in [-0.2, 0) is 0 Å². The lowest BCUT2D eigenvalue weighted by Crippen LogP contribution is -2.48. The van der Waals surface area contributed by atoms with Crippen molar-refractivity contribution in [1.82, 2.24) is 15.1 Å². The van der Waals surface area contributed by atoms with E-state index in [1.165, 1.54) is 11.3 Å². The fourth-order valence-corrected chi connectivity index (χ4v) is 5.24. The van der Waals surface area contributed by atoms with Crippen LogP contribution >= 0.6 is 34.5 Å². The molecule has 1 aliphatic rings. The molecule has 1 aliphatic heterocycles. The molecule has 3 rings (SSSR count). The summed E-state index contributed by atoms with van der Waals surface area (Å²) in [6.07, 6.45) is 0.918. The molecule has 1 saturated heterocycles. The van der Waals surface area contributed by atoms with Gasteiger partial charge in [0.25, 0.3) is 0 Å². The summed E-state index contributed by atoms with van der Waals surface area (Å²) in [6, 6.07) is 7.21. The number of benzene rings is 1. The highest BCUT2D eigenvalue weighted by molar-refractivity contribution is 7.15. The maximum atomic E-state index is 12.8. The SMILES string of the molecule is CC(NC(=O)N(C)C1CCN(C)CC1)c1ccc(-c2ccc(C(N)O)s2)c(Cl)c1Cl. The molecule has 164 valence electrons. The molecule has 2 atom stereocenters. The first-order valence-corrected chi connectivity index (χ1v) is 11.5. The van der Waals surface area contributed by atoms with Crippen molar-refractivity contribution in [2.45, 2.75) is 38.1 Å². The summed E-state index contributed by atoms with van der Waals surface area (Å²) in [7, 11) is 3.94. The van der Waals surface area contributed by atoms with E-state index in [1.54, 1.807) is 11.0 Å². The predicted molar refractivity (Wildman–Crippen MR) is 124 cm³/mol. The zero-order chi connectivity index (χ0) is 22.0. The summed E-state index contributed by atoms with van der Waals surface area (Å²) in [5.74, 6) is 0. The number of hydrogen-bond donors (Lipinski definition) is 3. The number of hydrogen-bond acceptors (Lipinski definition) is 5. The number of nitrogens with two attached hydrogens (primary N) is 1. The third-order valence-corrected chi connectivity index (χ3v) is 7.74. The average Bonchev–Trinajstić information content (AvgIpc) is 3.20. The van der Waals surface area contributed by atoms with Crippen LogP contribution in [0.4, 0.5) is 4.79 Å². The first-order valence-electron chi connectivity index (χ1n) is 9.92. The number of rotatable bonds is 5. The highest BCUT2D eigenvalue weighted by atomic mass is 35.5. The van der Waals surface area contributed by atoms with Crippen molar-refractivity contribution in [3.05, 3.63) is 44.8 Å². The van der Waals surface area contributed by atoms with Crippen molar-refractivity contribution < 1.29 is 9.90 Å². The largest absolute Gasteiger partial charge is 0.374 e. The van der Waals surface area contributed by atoms with Crippen LogP contribution in [0.2, 0.25) is 10.0 Å². The molecule has 1 aromatic heterocycles. The fourth-order valence-electron chi connectivity index (χ4n) is 3.66. The van der Waals surface area contributed by atoms with Crippen LogP contribution in [0.25, 0.3) is 10.4 Å². The minimum absolute atomic E-state index is 0.117. The molecule has 6 nitrogen and oxygen atoms in total. The molecule has 0 saturated carbocycles. The number of carbonyl (C=O) groups is 1. The number of urea groups is 1. The summed E-state index contributed by atoms with van der Waals surface area (Å²) >= 11 is 14.5. The number of thiophene rings is 1. The van der Waals surface area contributed by atoms with Gasteiger partial charge in [-0.05, 0) is 57.6 Å². The molecule has 0 radical (unpaired) electrons. The number of halogens is 2. The molecule has 2 aromatic rings. The van der Waals surface area contributed by atoms with Crippen molar-refractivity contribution in [1.29, 1.82) is 0 Å². The molecule has 4 N–H and O–H groups in total. The maximum absolute atomic E-state index is 12.8. The van der Waals surface area contributed by atoms with Gasteiger partial charge in [0.2, 0.25) is 0 Å². The predicted octanol–water partition coefficient (Wildman–Crippen LogP) is 4.47. The summed E-state index contributed by atoms with van der Waals surface area (Å²) in [6.45, 7) is 3.88. The summed E-state index contributed by atoms with van der Waals surface area (Å²) < 4.78 is 0. The summed E-state index contributed by atoms with van der Waals surface area (Å²) in [5, 5.41) is 13.4. The molecular formula is C21H28Cl2N4O2S. The van der Waals surface area contributed by atoms with Gasteiger partial charge < -0.3 is 26.0 Å². The molecule has 1 fully saturated rings. The number of nitrogens with one attached hydrogen (secondary N) is 1. The van der Waals surface area contributed by atoms with Gasteiger partial charge in [0.1, 0.15) is 6.23 Å². The molecule has 0 aliphatic carbocycles. The van der Waals surface area contributed by atoms with Gasteiger partial charge >= 0.3 is 6.03 Å². The van der Waals surface area contributed by atoms with E-state index >= 15 is 0 Å². The number of piperidine rings is 1. The number of nitrogens with zero attached hydrogens (tertiary/aromatic N) is 2. The van der Waals surface area contributed by atoms with E-state index in [4.69, 9.17) is 28.9 Å². The van der Waals surface area contributed by atoms with E-state index in [2.05, 4.69) is 17.3 Å². The Hall–Kier alpha value is -1.35. The number of aliphatic hydroxyl groups is 1. The van der Waals surface area contributed by atoms with Crippen molar-refractivity contribution >= 4 is 40.6 Å². The second-order valence-corrected chi connectivity index (χ2v) is 9.66. The lowest BCUT2D eigenvalue weighted by molar-refractivity contribution is 0.146. The van der Waals surface area contributed by atoms with Gasteiger partial charge in [-0.2, -0.15) is 0 Å². The Labute approximate surface area is 191 Å². The van der Waals surface area contributed by atoms with Crippen LogP contribution in [0.15, 0.2) is 24.3 Å². The van der Waals surface area contributed by atoms with Crippen molar-refractivity contribution in [2.75, 3.05) is 27.2 Å². The fraction of sp³-hybridized carbons (Fsp3) is 0.476. The van der Waals surface area contributed by atoms with Crippen LogP contribution in [0.3, 0.4) is 0 Å². The van der Waals surface area contributed by atoms with Gasteiger partial charge in [0.15, 0.2) is 0 Å². The first-order chi connectivity index (χ1) is 14.2. The van der Waals surface area contributed by atoms with Crippen molar-refractivity contribution in [2.24, 2.45) is 5.73 Å². The minimum atomic E-state index is -1.02. The molecule has 1 aromatic carbocycles. The Bertz CT molecular complexity index is 897. The van der Waals surface area contributed by atoms with Gasteiger partial charge in [-0.15, -0.1) is 11.3 Å². The van der Waals surface area contributed by atoms with Crippen molar-refractivity contribution in [3.8, 4) is 10.4 Å². The monoisotopic (exact) mass is 470 g/mol. The van der Waals surface area contributed by atoms with E-state index in [9.17, 15) is 9.90 Å². The summed E-state index contributed by atoms with van der Waals surface area (Å²) in [4.78, 5) is 18.3. The number of aliphatic hydroxyl groups excluding tert-OH is 1. The molecule has 2 amide bonds. The topological polar surface area (TPSA) is 81.8 Å². The second-order valence-electron chi connectivity index (χ2n) is 7.79. The van der Waals surface area contributed by atoms with Crippen molar-refractivity contribution in [3.63, 3.8) is 0 Å². The number of likely N-dealkylation sites (tertiary alicyclic amines) is 1. The quantitative estimate of drug-likeness (QED) is 0.562. The third kappa shape index (κ3) is 5.10. The van der Waals surface area contributed by atoms with Crippen LogP contribution in [0.5, 0.6) is 0 Å². The van der Waals surface area contributed by atoms with Gasteiger partial charge in [-0.1, -0.05) is 35.3 Å². The lowest BCUT2D eigenvalue weighted by atomic mass is 10.0. The molecular weight excluding hydrogens is 443 g/mol. The van der Waals surface area contributed by atoms with E-state index in [0.29, 0.717) is 14.9 Å². The molecule has 2 unspecified atom stereocenters. The van der Waals surface area contributed by atoms with Crippen LogP contribution in [0.1, 0.15) is 42.5 Å². The van der Waals surface area contributed by atoms with Crippen LogP contribution < -0.4 is 11.1 Å². The molecule has 30 heavy (non-hydrogen) atoms. The Balaban J connectivity index is 1.72. The van der Waals surface area contributed by atoms with Gasteiger partial charge in [-0.25, -0.2) is 4.79 Å². The van der Waals surface area contributed by atoms with E-state index in [1.807, 2.05) is 32.2 Å². The van der Waals surface area contributed by atoms with E-state index in [-0.39, 0.29) is 18.1 Å². The highest BCUT2D eigenvalue weighted by Gasteiger charge is 2.26. The van der Waals surface area contributed by atoms with Gasteiger partial charge in [0.05, 0.1) is 16.1 Å². The van der Waals surface area contributed by atoms with Crippen LogP contribution in [0, 0.1) is 0 Å². The van der Waals surface area contributed by atoms with Gasteiger partial charge in [-0.3, -0.25) is 0 Å². The highest BCUT2D eigenvalue weighted by Crippen LogP contribution is 2.41. The van der Waals surface area contributed by atoms with E-state index in [0.717, 1.165) is 41.9 Å². The average molecular weight is 471 g/mol. The Kier molecular flexibility index (Phi) is 7.66. The lowest BCUT2D eigenvalue weighted by Gasteiger charge is -2.35. The Morgan fingerprint density at radius 3 is 2.53 bits per heavy atom.